The van der Waals surface area contributed by atoms with Crippen LogP contribution in [0.5, 0.6) is 0 Å². The van der Waals surface area contributed by atoms with Crippen LogP contribution in [-0.4, -0.2) is 48.6 Å². The Morgan fingerprint density at radius 1 is 1.29 bits per heavy atom. The third-order valence-corrected chi connectivity index (χ3v) is 2.92. The van der Waals surface area contributed by atoms with Gasteiger partial charge in [0.15, 0.2) is 0 Å². The van der Waals surface area contributed by atoms with E-state index in [2.05, 4.69) is 43.2 Å². The van der Waals surface area contributed by atoms with E-state index in [1.807, 2.05) is 0 Å². The van der Waals surface area contributed by atoms with Crippen LogP contribution in [-0.2, 0) is 4.79 Å². The molecule has 1 aliphatic rings. The van der Waals surface area contributed by atoms with Crippen LogP contribution in [0.25, 0.3) is 0 Å². The number of carbonyl (C=O) groups excluding carboxylic acids is 1. The Bertz CT molecular complexity index is 242. The lowest BCUT2D eigenvalue weighted by molar-refractivity contribution is -0.121. The summed E-state index contributed by atoms with van der Waals surface area (Å²) in [6.45, 7) is 12.0. The number of rotatable bonds is 5. The average Bonchev–Trinajstić information content (AvgIpc) is 2.66. The quantitative estimate of drug-likeness (QED) is 0.754. The van der Waals surface area contributed by atoms with Gasteiger partial charge in [-0.15, -0.1) is 0 Å². The summed E-state index contributed by atoms with van der Waals surface area (Å²) in [5.74, 6) is 0.0895. The maximum Gasteiger partial charge on any atom is 0.234 e. The average molecular weight is 241 g/mol. The van der Waals surface area contributed by atoms with Crippen molar-refractivity contribution in [3.8, 4) is 0 Å². The molecular weight excluding hydrogens is 214 g/mol. The Balaban J connectivity index is 2.16. The Kier molecular flexibility index (Phi) is 5.40. The molecule has 2 N–H and O–H groups in total. The Hall–Kier alpha value is -0.610. The molecule has 1 rings (SSSR count). The van der Waals surface area contributed by atoms with Crippen LogP contribution >= 0.6 is 0 Å². The van der Waals surface area contributed by atoms with E-state index in [9.17, 15) is 4.79 Å². The third kappa shape index (κ3) is 6.64. The molecule has 0 aromatic rings. The van der Waals surface area contributed by atoms with Crippen LogP contribution < -0.4 is 10.6 Å². The van der Waals surface area contributed by atoms with Gasteiger partial charge in [-0.2, -0.15) is 0 Å². The van der Waals surface area contributed by atoms with Gasteiger partial charge in [0.25, 0.3) is 0 Å². The molecule has 0 bridgehead atoms. The van der Waals surface area contributed by atoms with Crippen molar-refractivity contribution < 1.29 is 4.79 Å². The van der Waals surface area contributed by atoms with E-state index in [-0.39, 0.29) is 17.5 Å². The van der Waals surface area contributed by atoms with Gasteiger partial charge >= 0.3 is 0 Å². The summed E-state index contributed by atoms with van der Waals surface area (Å²) in [5, 5.41) is 6.23. The van der Waals surface area contributed by atoms with E-state index in [1.54, 1.807) is 0 Å². The van der Waals surface area contributed by atoms with Gasteiger partial charge < -0.3 is 15.5 Å². The fourth-order valence-electron chi connectivity index (χ4n) is 2.07. The molecule has 0 aliphatic carbocycles. The van der Waals surface area contributed by atoms with Crippen LogP contribution in [0.4, 0.5) is 0 Å². The molecule has 0 spiro atoms. The van der Waals surface area contributed by atoms with Gasteiger partial charge in [-0.05, 0) is 53.6 Å². The molecule has 1 aliphatic heterocycles. The minimum atomic E-state index is -0.00443. The molecule has 17 heavy (non-hydrogen) atoms. The lowest BCUT2D eigenvalue weighted by atomic mass is 10.1. The van der Waals surface area contributed by atoms with E-state index in [0.717, 1.165) is 6.54 Å². The highest BCUT2D eigenvalue weighted by Crippen LogP contribution is 2.07. The maximum atomic E-state index is 11.7. The molecule has 1 amide bonds. The highest BCUT2D eigenvalue weighted by atomic mass is 16.2. The highest BCUT2D eigenvalue weighted by molar-refractivity contribution is 5.78. The monoisotopic (exact) mass is 241 g/mol. The SMILES string of the molecule is CC(CN1CCCC1)NC(=O)CNC(C)(C)C. The predicted molar refractivity (Wildman–Crippen MR) is 71.0 cm³/mol. The van der Waals surface area contributed by atoms with Gasteiger partial charge in [0, 0.05) is 18.1 Å². The van der Waals surface area contributed by atoms with Crippen LogP contribution in [0, 0.1) is 0 Å². The first-order valence-electron chi connectivity index (χ1n) is 6.63. The van der Waals surface area contributed by atoms with Crippen molar-refractivity contribution in [1.82, 2.24) is 15.5 Å². The Labute approximate surface area is 105 Å². The normalized spacial score (nSPS) is 19.3. The molecule has 1 atom stereocenters. The zero-order valence-electron chi connectivity index (χ0n) is 11.7. The van der Waals surface area contributed by atoms with Gasteiger partial charge in [0.05, 0.1) is 6.54 Å². The van der Waals surface area contributed by atoms with Gasteiger partial charge in [-0.3, -0.25) is 4.79 Å². The first-order chi connectivity index (χ1) is 7.87. The van der Waals surface area contributed by atoms with E-state index >= 15 is 0 Å². The number of nitrogens with one attached hydrogen (secondary N) is 2. The van der Waals surface area contributed by atoms with Crippen molar-refractivity contribution >= 4 is 5.91 Å². The Morgan fingerprint density at radius 2 is 1.88 bits per heavy atom. The molecule has 1 saturated heterocycles. The first-order valence-corrected chi connectivity index (χ1v) is 6.63. The van der Waals surface area contributed by atoms with Gasteiger partial charge in [0.2, 0.25) is 5.91 Å². The molecule has 0 aromatic heterocycles. The summed E-state index contributed by atoms with van der Waals surface area (Å²) in [5.41, 5.74) is -0.00443. The molecule has 4 nitrogen and oxygen atoms in total. The van der Waals surface area contributed by atoms with Crippen LogP contribution in [0.3, 0.4) is 0 Å². The lowest BCUT2D eigenvalue weighted by Gasteiger charge is -2.23. The molecule has 0 radical (unpaired) electrons. The van der Waals surface area contributed by atoms with Gasteiger partial charge in [-0.25, -0.2) is 0 Å². The largest absolute Gasteiger partial charge is 0.351 e. The van der Waals surface area contributed by atoms with Gasteiger partial charge in [0.1, 0.15) is 0 Å². The number of nitrogens with zero attached hydrogens (tertiary/aromatic N) is 1. The molecule has 100 valence electrons. The van der Waals surface area contributed by atoms with Crippen molar-refractivity contribution in [3.05, 3.63) is 0 Å². The molecule has 1 unspecified atom stereocenters. The lowest BCUT2D eigenvalue weighted by Crippen LogP contribution is -2.47. The van der Waals surface area contributed by atoms with Crippen LogP contribution in [0.15, 0.2) is 0 Å². The second kappa shape index (κ2) is 6.36. The number of hydrogen-bond acceptors (Lipinski definition) is 3. The summed E-state index contributed by atoms with van der Waals surface area (Å²) >= 11 is 0. The van der Waals surface area contributed by atoms with E-state index < -0.39 is 0 Å². The second-order valence-corrected chi connectivity index (χ2v) is 6.08. The summed E-state index contributed by atoms with van der Waals surface area (Å²) in [4.78, 5) is 14.1. The van der Waals surface area contributed by atoms with Crippen molar-refractivity contribution in [3.63, 3.8) is 0 Å². The second-order valence-electron chi connectivity index (χ2n) is 6.08. The van der Waals surface area contributed by atoms with Crippen LogP contribution in [0.2, 0.25) is 0 Å². The van der Waals surface area contributed by atoms with E-state index in [1.165, 1.54) is 25.9 Å². The predicted octanol–water partition coefficient (Wildman–Crippen LogP) is 0.975. The smallest absolute Gasteiger partial charge is 0.234 e. The van der Waals surface area contributed by atoms with Crippen molar-refractivity contribution in [2.24, 2.45) is 0 Å². The number of amides is 1. The maximum absolute atomic E-state index is 11.7. The first kappa shape index (κ1) is 14.5. The number of hydrogen-bond donors (Lipinski definition) is 2. The minimum Gasteiger partial charge on any atom is -0.351 e. The van der Waals surface area contributed by atoms with Crippen molar-refractivity contribution in [2.45, 2.75) is 52.1 Å². The molecule has 0 aromatic carbocycles. The molecule has 1 heterocycles. The molecule has 1 fully saturated rings. The van der Waals surface area contributed by atoms with E-state index in [4.69, 9.17) is 0 Å². The number of likely N-dealkylation sites (tertiary alicyclic amines) is 1. The minimum absolute atomic E-state index is 0.00443. The third-order valence-electron chi connectivity index (χ3n) is 2.92. The summed E-state index contributed by atoms with van der Waals surface area (Å²) < 4.78 is 0. The zero-order valence-corrected chi connectivity index (χ0v) is 11.7. The van der Waals surface area contributed by atoms with Crippen molar-refractivity contribution in [1.29, 1.82) is 0 Å². The van der Waals surface area contributed by atoms with Crippen LogP contribution in [0.1, 0.15) is 40.5 Å². The highest BCUT2D eigenvalue weighted by Gasteiger charge is 2.16. The standard InChI is InChI=1S/C13H27N3O/c1-11(10-16-7-5-6-8-16)15-12(17)9-14-13(2,3)4/h11,14H,5-10H2,1-4H3,(H,15,17). The topological polar surface area (TPSA) is 44.4 Å². The Morgan fingerprint density at radius 3 is 2.41 bits per heavy atom. The summed E-state index contributed by atoms with van der Waals surface area (Å²) in [6, 6.07) is 0.238. The fourth-order valence-corrected chi connectivity index (χ4v) is 2.07. The number of carbonyl (C=O) groups is 1. The fraction of sp³-hybridized carbons (Fsp3) is 0.923. The molecular formula is C13H27N3O. The van der Waals surface area contributed by atoms with E-state index in [0.29, 0.717) is 6.54 Å². The molecule has 4 heteroatoms. The molecule has 0 saturated carbocycles. The summed E-state index contributed by atoms with van der Waals surface area (Å²) in [7, 11) is 0. The zero-order chi connectivity index (χ0) is 12.9. The summed E-state index contributed by atoms with van der Waals surface area (Å²) in [6.07, 6.45) is 2.60. The van der Waals surface area contributed by atoms with Crippen molar-refractivity contribution in [2.75, 3.05) is 26.2 Å². The van der Waals surface area contributed by atoms with Gasteiger partial charge in [-0.1, -0.05) is 0 Å².